The maximum absolute atomic E-state index is 12.8. The number of likely N-dealkylation sites (tertiary alicyclic amines) is 1. The molecule has 0 N–H and O–H groups in total. The summed E-state index contributed by atoms with van der Waals surface area (Å²) >= 11 is 0.866. The van der Waals surface area contributed by atoms with Crippen molar-refractivity contribution in [2.75, 3.05) is 44.7 Å². The van der Waals surface area contributed by atoms with Crippen LogP contribution in [0.2, 0.25) is 0 Å². The van der Waals surface area contributed by atoms with Gasteiger partial charge in [-0.25, -0.2) is 0 Å². The lowest BCUT2D eigenvalue weighted by Crippen LogP contribution is -2.44. The monoisotopic (exact) mass is 431 g/mol. The summed E-state index contributed by atoms with van der Waals surface area (Å²) in [4.78, 5) is 43.0. The van der Waals surface area contributed by atoms with E-state index in [0.29, 0.717) is 23.7 Å². The van der Waals surface area contributed by atoms with E-state index in [1.165, 1.54) is 0 Å². The fourth-order valence-electron chi connectivity index (χ4n) is 3.76. The first-order valence-electron chi connectivity index (χ1n) is 10.4. The van der Waals surface area contributed by atoms with Gasteiger partial charge in [-0.3, -0.25) is 19.3 Å². The maximum Gasteiger partial charge on any atom is 0.294 e. The standard InChI is InChI=1S/C22H29N3O4S/c1-4-23(5-2)17-10-9-16(18(14-17)29-3)13-19-21(27)25(22(28)30-19)15-20(26)24-11-7-6-8-12-24/h9-10,13-14H,4-8,11-12,15H2,1-3H3/b19-13-. The molecule has 0 aliphatic carbocycles. The fraction of sp³-hybridized carbons (Fsp3) is 0.500. The summed E-state index contributed by atoms with van der Waals surface area (Å²) in [6.07, 6.45) is 4.72. The number of hydrogen-bond acceptors (Lipinski definition) is 6. The molecule has 2 aliphatic rings. The summed E-state index contributed by atoms with van der Waals surface area (Å²) in [7, 11) is 1.59. The van der Waals surface area contributed by atoms with Crippen LogP contribution in [0.4, 0.5) is 10.5 Å². The van der Waals surface area contributed by atoms with Crippen molar-refractivity contribution < 1.29 is 19.1 Å². The van der Waals surface area contributed by atoms with Crippen molar-refractivity contribution in [2.45, 2.75) is 33.1 Å². The molecule has 0 spiro atoms. The van der Waals surface area contributed by atoms with Gasteiger partial charge in [-0.1, -0.05) is 0 Å². The molecule has 7 nitrogen and oxygen atoms in total. The summed E-state index contributed by atoms with van der Waals surface area (Å²) in [5.41, 5.74) is 1.76. The number of rotatable bonds is 7. The molecule has 0 atom stereocenters. The number of piperidine rings is 1. The SMILES string of the molecule is CCN(CC)c1ccc(/C=C2\SC(=O)N(CC(=O)N3CCCCC3)C2=O)c(OC)c1. The second-order valence-electron chi connectivity index (χ2n) is 7.31. The van der Waals surface area contributed by atoms with Crippen molar-refractivity contribution in [1.29, 1.82) is 0 Å². The molecule has 3 rings (SSSR count). The van der Waals surface area contributed by atoms with E-state index < -0.39 is 11.1 Å². The second-order valence-corrected chi connectivity index (χ2v) is 8.30. The molecular weight excluding hydrogens is 402 g/mol. The van der Waals surface area contributed by atoms with E-state index in [2.05, 4.69) is 18.7 Å². The number of amides is 3. The Balaban J connectivity index is 1.77. The lowest BCUT2D eigenvalue weighted by molar-refractivity contribution is -0.136. The summed E-state index contributed by atoms with van der Waals surface area (Å²) < 4.78 is 5.52. The highest BCUT2D eigenvalue weighted by molar-refractivity contribution is 8.18. The number of thioether (sulfide) groups is 1. The summed E-state index contributed by atoms with van der Waals surface area (Å²) in [6, 6.07) is 5.80. The number of anilines is 1. The number of nitrogens with zero attached hydrogens (tertiary/aromatic N) is 3. The minimum absolute atomic E-state index is 0.167. The zero-order valence-corrected chi connectivity index (χ0v) is 18.7. The van der Waals surface area contributed by atoms with E-state index in [4.69, 9.17) is 4.74 Å². The molecule has 2 aliphatic heterocycles. The molecule has 0 saturated carbocycles. The fourth-order valence-corrected chi connectivity index (χ4v) is 4.59. The highest BCUT2D eigenvalue weighted by Gasteiger charge is 2.37. The van der Waals surface area contributed by atoms with Gasteiger partial charge in [-0.05, 0) is 63.1 Å². The van der Waals surface area contributed by atoms with Gasteiger partial charge in [0, 0.05) is 43.5 Å². The van der Waals surface area contributed by atoms with Crippen LogP contribution in [0.3, 0.4) is 0 Å². The van der Waals surface area contributed by atoms with Crippen molar-refractivity contribution in [3.8, 4) is 5.75 Å². The van der Waals surface area contributed by atoms with Gasteiger partial charge in [0.25, 0.3) is 11.1 Å². The molecule has 0 unspecified atom stereocenters. The van der Waals surface area contributed by atoms with E-state index in [9.17, 15) is 14.4 Å². The molecule has 2 saturated heterocycles. The first-order chi connectivity index (χ1) is 14.5. The van der Waals surface area contributed by atoms with E-state index in [1.54, 1.807) is 18.1 Å². The molecule has 1 aromatic carbocycles. The Kier molecular flexibility index (Phi) is 7.42. The predicted molar refractivity (Wildman–Crippen MR) is 120 cm³/mol. The summed E-state index contributed by atoms with van der Waals surface area (Å²) in [5.74, 6) is 0.0419. The molecule has 162 valence electrons. The first kappa shape index (κ1) is 22.2. The number of methoxy groups -OCH3 is 1. The van der Waals surface area contributed by atoms with Crippen molar-refractivity contribution >= 4 is 40.6 Å². The van der Waals surface area contributed by atoms with Crippen molar-refractivity contribution in [3.05, 3.63) is 28.7 Å². The van der Waals surface area contributed by atoms with Crippen LogP contribution >= 0.6 is 11.8 Å². The maximum atomic E-state index is 12.8. The first-order valence-corrected chi connectivity index (χ1v) is 11.3. The largest absolute Gasteiger partial charge is 0.496 e. The summed E-state index contributed by atoms with van der Waals surface area (Å²) in [5, 5.41) is -0.407. The van der Waals surface area contributed by atoms with Crippen molar-refractivity contribution in [1.82, 2.24) is 9.80 Å². The third-order valence-corrected chi connectivity index (χ3v) is 6.42. The van der Waals surface area contributed by atoms with Crippen LogP contribution < -0.4 is 9.64 Å². The number of carbonyl (C=O) groups is 3. The minimum Gasteiger partial charge on any atom is -0.496 e. The van der Waals surface area contributed by atoms with Crippen molar-refractivity contribution in [3.63, 3.8) is 0 Å². The van der Waals surface area contributed by atoms with Crippen LogP contribution in [0.25, 0.3) is 6.08 Å². The van der Waals surface area contributed by atoms with Gasteiger partial charge < -0.3 is 14.5 Å². The molecule has 3 amide bonds. The lowest BCUT2D eigenvalue weighted by Gasteiger charge is -2.27. The van der Waals surface area contributed by atoms with Gasteiger partial charge in [0.2, 0.25) is 5.91 Å². The Morgan fingerprint density at radius 2 is 1.87 bits per heavy atom. The van der Waals surface area contributed by atoms with Crippen LogP contribution in [0.5, 0.6) is 5.75 Å². The van der Waals surface area contributed by atoms with Crippen LogP contribution in [0, 0.1) is 0 Å². The predicted octanol–water partition coefficient (Wildman–Crippen LogP) is 3.59. The number of benzene rings is 1. The van der Waals surface area contributed by atoms with E-state index in [1.807, 2.05) is 18.2 Å². The van der Waals surface area contributed by atoms with Crippen LogP contribution in [0.1, 0.15) is 38.7 Å². The Morgan fingerprint density at radius 3 is 2.50 bits per heavy atom. The molecular formula is C22H29N3O4S. The highest BCUT2D eigenvalue weighted by Crippen LogP contribution is 2.35. The molecule has 8 heteroatoms. The van der Waals surface area contributed by atoms with Crippen LogP contribution in [-0.2, 0) is 9.59 Å². The lowest BCUT2D eigenvalue weighted by atomic mass is 10.1. The molecule has 0 aromatic heterocycles. The van der Waals surface area contributed by atoms with Gasteiger partial charge in [0.05, 0.1) is 12.0 Å². The zero-order valence-electron chi connectivity index (χ0n) is 17.8. The number of imide groups is 1. The zero-order chi connectivity index (χ0) is 21.7. The average molecular weight is 432 g/mol. The number of carbonyl (C=O) groups excluding carboxylic acids is 3. The molecule has 0 radical (unpaired) electrons. The Hall–Kier alpha value is -2.48. The Bertz CT molecular complexity index is 845. The van der Waals surface area contributed by atoms with Crippen LogP contribution in [0.15, 0.2) is 23.1 Å². The average Bonchev–Trinajstić information content (AvgIpc) is 3.03. The quantitative estimate of drug-likeness (QED) is 0.615. The normalized spacial score (nSPS) is 18.3. The van der Waals surface area contributed by atoms with Crippen molar-refractivity contribution in [2.24, 2.45) is 0 Å². The number of ether oxygens (including phenoxy) is 1. The number of hydrogen-bond donors (Lipinski definition) is 0. The van der Waals surface area contributed by atoms with Crippen LogP contribution in [-0.4, -0.2) is 66.7 Å². The third-order valence-electron chi connectivity index (χ3n) is 5.51. The molecule has 30 heavy (non-hydrogen) atoms. The van der Waals surface area contributed by atoms with Gasteiger partial charge in [-0.15, -0.1) is 0 Å². The van der Waals surface area contributed by atoms with E-state index in [0.717, 1.165) is 60.3 Å². The van der Waals surface area contributed by atoms with Gasteiger partial charge in [0.15, 0.2) is 0 Å². The smallest absolute Gasteiger partial charge is 0.294 e. The molecule has 2 fully saturated rings. The summed E-state index contributed by atoms with van der Waals surface area (Å²) in [6.45, 7) is 7.13. The third kappa shape index (κ3) is 4.80. The van der Waals surface area contributed by atoms with Gasteiger partial charge in [-0.2, -0.15) is 0 Å². The van der Waals surface area contributed by atoms with E-state index in [-0.39, 0.29) is 12.5 Å². The minimum atomic E-state index is -0.426. The van der Waals surface area contributed by atoms with E-state index >= 15 is 0 Å². The Morgan fingerprint density at radius 1 is 1.17 bits per heavy atom. The molecule has 2 heterocycles. The highest BCUT2D eigenvalue weighted by atomic mass is 32.2. The van der Waals surface area contributed by atoms with Gasteiger partial charge >= 0.3 is 0 Å². The molecule has 0 bridgehead atoms. The Labute approximate surface area is 182 Å². The van der Waals surface area contributed by atoms with Gasteiger partial charge in [0.1, 0.15) is 12.3 Å². The molecule has 1 aromatic rings. The second kappa shape index (κ2) is 10.0. The topological polar surface area (TPSA) is 70.2 Å².